The molecule has 1 N–H and O–H groups in total. The Bertz CT molecular complexity index is 482. The Balaban J connectivity index is 2.17. The molecular weight excluding hydrogens is 266 g/mol. The number of hydrogen-bond acceptors (Lipinski definition) is 4. The SMILES string of the molecule is CCCNc1c(CN2CCC(C)CC2)cccc1[N+](=O)[O-]. The number of nitro benzene ring substituents is 1. The van der Waals surface area contributed by atoms with Gasteiger partial charge in [0.1, 0.15) is 5.69 Å². The van der Waals surface area contributed by atoms with Crippen molar-refractivity contribution in [1.82, 2.24) is 4.90 Å². The first-order valence-corrected chi connectivity index (χ1v) is 7.84. The second-order valence-corrected chi connectivity index (χ2v) is 5.95. The third kappa shape index (κ3) is 4.17. The number of piperidine rings is 1. The molecular formula is C16H25N3O2. The van der Waals surface area contributed by atoms with E-state index in [9.17, 15) is 10.1 Å². The van der Waals surface area contributed by atoms with E-state index in [-0.39, 0.29) is 10.6 Å². The van der Waals surface area contributed by atoms with E-state index in [1.807, 2.05) is 6.07 Å². The van der Waals surface area contributed by atoms with Gasteiger partial charge in [-0.15, -0.1) is 0 Å². The van der Waals surface area contributed by atoms with Gasteiger partial charge in [-0.3, -0.25) is 15.0 Å². The molecule has 1 saturated heterocycles. The van der Waals surface area contributed by atoms with Crippen LogP contribution in [0.4, 0.5) is 11.4 Å². The molecule has 0 unspecified atom stereocenters. The van der Waals surface area contributed by atoms with Crippen molar-refractivity contribution in [3.05, 3.63) is 33.9 Å². The maximum atomic E-state index is 11.2. The smallest absolute Gasteiger partial charge is 0.292 e. The van der Waals surface area contributed by atoms with Gasteiger partial charge >= 0.3 is 0 Å². The van der Waals surface area contributed by atoms with Crippen LogP contribution < -0.4 is 5.32 Å². The van der Waals surface area contributed by atoms with Crippen molar-refractivity contribution in [2.75, 3.05) is 25.0 Å². The highest BCUT2D eigenvalue weighted by Gasteiger charge is 2.21. The second-order valence-electron chi connectivity index (χ2n) is 5.95. The summed E-state index contributed by atoms with van der Waals surface area (Å²) in [6.07, 6.45) is 3.38. The number of para-hydroxylation sites is 1. The molecule has 5 heteroatoms. The maximum absolute atomic E-state index is 11.2. The number of hydrogen-bond donors (Lipinski definition) is 1. The van der Waals surface area contributed by atoms with Gasteiger partial charge in [0.15, 0.2) is 0 Å². The van der Waals surface area contributed by atoms with Gasteiger partial charge in [0.05, 0.1) is 4.92 Å². The number of likely N-dealkylation sites (tertiary alicyclic amines) is 1. The minimum atomic E-state index is -0.292. The molecule has 0 amide bonds. The Morgan fingerprint density at radius 2 is 2.10 bits per heavy atom. The zero-order valence-corrected chi connectivity index (χ0v) is 13.0. The van der Waals surface area contributed by atoms with E-state index in [0.29, 0.717) is 5.69 Å². The fourth-order valence-corrected chi connectivity index (χ4v) is 2.79. The number of nitrogens with zero attached hydrogens (tertiary/aromatic N) is 2. The summed E-state index contributed by atoms with van der Waals surface area (Å²) in [7, 11) is 0. The maximum Gasteiger partial charge on any atom is 0.292 e. The number of rotatable bonds is 6. The number of nitro groups is 1. The molecule has 1 aliphatic rings. The van der Waals surface area contributed by atoms with Crippen LogP contribution >= 0.6 is 0 Å². The van der Waals surface area contributed by atoms with Gasteiger partial charge < -0.3 is 5.32 Å². The van der Waals surface area contributed by atoms with Crippen LogP contribution in [0.3, 0.4) is 0 Å². The fraction of sp³-hybridized carbons (Fsp3) is 0.625. The summed E-state index contributed by atoms with van der Waals surface area (Å²) in [6.45, 7) is 8.07. The lowest BCUT2D eigenvalue weighted by Gasteiger charge is -2.30. The van der Waals surface area contributed by atoms with E-state index >= 15 is 0 Å². The number of benzene rings is 1. The molecule has 21 heavy (non-hydrogen) atoms. The van der Waals surface area contributed by atoms with Crippen molar-refractivity contribution in [3.8, 4) is 0 Å². The van der Waals surface area contributed by atoms with Crippen molar-refractivity contribution < 1.29 is 4.92 Å². The molecule has 0 atom stereocenters. The highest BCUT2D eigenvalue weighted by atomic mass is 16.6. The van der Waals surface area contributed by atoms with E-state index in [1.54, 1.807) is 12.1 Å². The predicted molar refractivity (Wildman–Crippen MR) is 85.6 cm³/mol. The molecule has 0 bridgehead atoms. The number of anilines is 1. The molecule has 1 aromatic carbocycles. The van der Waals surface area contributed by atoms with Gasteiger partial charge in [-0.05, 0) is 43.8 Å². The van der Waals surface area contributed by atoms with Crippen LogP contribution in [0.25, 0.3) is 0 Å². The molecule has 1 aromatic rings. The van der Waals surface area contributed by atoms with Crippen molar-refractivity contribution in [2.24, 2.45) is 5.92 Å². The number of nitrogens with one attached hydrogen (secondary N) is 1. The van der Waals surface area contributed by atoms with E-state index in [4.69, 9.17) is 0 Å². The van der Waals surface area contributed by atoms with Gasteiger partial charge in [0.25, 0.3) is 5.69 Å². The van der Waals surface area contributed by atoms with Gasteiger partial charge in [-0.25, -0.2) is 0 Å². The third-order valence-corrected chi connectivity index (χ3v) is 4.15. The standard InChI is InChI=1S/C16H25N3O2/c1-3-9-17-16-14(5-4-6-15(16)19(20)21)12-18-10-7-13(2)8-11-18/h4-6,13,17H,3,7-12H2,1-2H3. The van der Waals surface area contributed by atoms with Crippen LogP contribution in [0.2, 0.25) is 0 Å². The quantitative estimate of drug-likeness (QED) is 0.642. The Morgan fingerprint density at radius 1 is 1.38 bits per heavy atom. The summed E-state index contributed by atoms with van der Waals surface area (Å²) in [4.78, 5) is 13.3. The lowest BCUT2D eigenvalue weighted by Crippen LogP contribution is -2.32. The molecule has 5 nitrogen and oxygen atoms in total. The molecule has 0 radical (unpaired) electrons. The van der Waals surface area contributed by atoms with Gasteiger partial charge in [-0.1, -0.05) is 26.0 Å². The first-order valence-electron chi connectivity index (χ1n) is 7.84. The predicted octanol–water partition coefficient (Wildman–Crippen LogP) is 3.65. The molecule has 1 aliphatic heterocycles. The topological polar surface area (TPSA) is 58.4 Å². The van der Waals surface area contributed by atoms with Crippen molar-refractivity contribution in [1.29, 1.82) is 0 Å². The molecule has 116 valence electrons. The van der Waals surface area contributed by atoms with Crippen LogP contribution in [0, 0.1) is 16.0 Å². The van der Waals surface area contributed by atoms with Crippen LogP contribution in [0.1, 0.15) is 38.7 Å². The molecule has 0 spiro atoms. The summed E-state index contributed by atoms with van der Waals surface area (Å²) in [5.41, 5.74) is 1.92. The van der Waals surface area contributed by atoms with Crippen LogP contribution in [-0.2, 0) is 6.54 Å². The first kappa shape index (κ1) is 15.8. The largest absolute Gasteiger partial charge is 0.379 e. The molecule has 0 aromatic heterocycles. The first-order chi connectivity index (χ1) is 10.1. The zero-order chi connectivity index (χ0) is 15.2. The zero-order valence-electron chi connectivity index (χ0n) is 13.0. The van der Waals surface area contributed by atoms with E-state index in [2.05, 4.69) is 24.1 Å². The van der Waals surface area contributed by atoms with Crippen molar-refractivity contribution >= 4 is 11.4 Å². The Labute approximate surface area is 126 Å². The van der Waals surface area contributed by atoms with E-state index < -0.39 is 0 Å². The van der Waals surface area contributed by atoms with Crippen molar-refractivity contribution in [2.45, 2.75) is 39.7 Å². The van der Waals surface area contributed by atoms with Crippen LogP contribution in [0.15, 0.2) is 18.2 Å². The molecule has 0 aliphatic carbocycles. The normalized spacial score (nSPS) is 16.9. The van der Waals surface area contributed by atoms with Gasteiger partial charge in [0, 0.05) is 19.2 Å². The minimum Gasteiger partial charge on any atom is -0.379 e. The van der Waals surface area contributed by atoms with Gasteiger partial charge in [0.2, 0.25) is 0 Å². The van der Waals surface area contributed by atoms with E-state index in [0.717, 1.165) is 44.1 Å². The highest BCUT2D eigenvalue weighted by Crippen LogP contribution is 2.30. The summed E-state index contributed by atoms with van der Waals surface area (Å²) in [5.74, 6) is 0.795. The summed E-state index contributed by atoms with van der Waals surface area (Å²) >= 11 is 0. The minimum absolute atomic E-state index is 0.186. The molecule has 1 fully saturated rings. The lowest BCUT2D eigenvalue weighted by atomic mass is 9.98. The summed E-state index contributed by atoms with van der Waals surface area (Å²) < 4.78 is 0. The molecule has 1 heterocycles. The van der Waals surface area contributed by atoms with E-state index in [1.165, 1.54) is 12.8 Å². The van der Waals surface area contributed by atoms with Crippen LogP contribution in [0.5, 0.6) is 0 Å². The monoisotopic (exact) mass is 291 g/mol. The van der Waals surface area contributed by atoms with Crippen molar-refractivity contribution in [3.63, 3.8) is 0 Å². The Morgan fingerprint density at radius 3 is 2.71 bits per heavy atom. The lowest BCUT2D eigenvalue weighted by molar-refractivity contribution is -0.384. The summed E-state index contributed by atoms with van der Waals surface area (Å²) in [5, 5.41) is 14.5. The molecule has 0 saturated carbocycles. The average Bonchev–Trinajstić information content (AvgIpc) is 2.48. The Hall–Kier alpha value is -1.62. The van der Waals surface area contributed by atoms with Crippen LogP contribution in [-0.4, -0.2) is 29.5 Å². The average molecular weight is 291 g/mol. The summed E-state index contributed by atoms with van der Waals surface area (Å²) in [6, 6.07) is 5.37. The molecule has 2 rings (SSSR count). The fourth-order valence-electron chi connectivity index (χ4n) is 2.79. The Kier molecular flexibility index (Phi) is 5.56. The third-order valence-electron chi connectivity index (χ3n) is 4.15. The van der Waals surface area contributed by atoms with Gasteiger partial charge in [-0.2, -0.15) is 0 Å². The highest BCUT2D eigenvalue weighted by molar-refractivity contribution is 5.66. The second kappa shape index (κ2) is 7.41.